The predicted molar refractivity (Wildman–Crippen MR) is 78.8 cm³/mol. The molecule has 2 aromatic rings. The number of halogens is 1. The van der Waals surface area contributed by atoms with Crippen molar-refractivity contribution in [1.29, 1.82) is 0 Å². The van der Waals surface area contributed by atoms with Crippen LogP contribution in [0.1, 0.15) is 31.1 Å². The average Bonchev–Trinajstić information content (AvgIpc) is 2.76. The highest BCUT2D eigenvalue weighted by Gasteiger charge is 2.35. The number of nitrogens with zero attached hydrogens (tertiary/aromatic N) is 1. The summed E-state index contributed by atoms with van der Waals surface area (Å²) in [6.07, 6.45) is 0. The van der Waals surface area contributed by atoms with Crippen molar-refractivity contribution in [3.8, 4) is 0 Å². The Morgan fingerprint density at radius 1 is 1.09 bits per heavy atom. The predicted octanol–water partition coefficient (Wildman–Crippen LogP) is 2.19. The van der Waals surface area contributed by atoms with E-state index in [1.807, 2.05) is 0 Å². The Labute approximate surface area is 130 Å². The third-order valence-corrected chi connectivity index (χ3v) is 3.48. The number of carboxylic acid groups (broad SMARTS) is 1. The Kier molecular flexibility index (Phi) is 3.53. The van der Waals surface area contributed by atoms with Crippen molar-refractivity contribution in [3.05, 3.63) is 65.0 Å². The first-order valence-electron chi connectivity index (χ1n) is 6.70. The van der Waals surface area contributed by atoms with Gasteiger partial charge in [-0.25, -0.2) is 9.18 Å². The second-order valence-corrected chi connectivity index (χ2v) is 4.95. The molecule has 1 aliphatic rings. The van der Waals surface area contributed by atoms with E-state index in [1.165, 1.54) is 18.2 Å². The molecule has 1 heterocycles. The number of hydrogen-bond donors (Lipinski definition) is 2. The third-order valence-electron chi connectivity index (χ3n) is 3.48. The first-order chi connectivity index (χ1) is 11.0. The summed E-state index contributed by atoms with van der Waals surface area (Å²) in [5.74, 6) is -2.78. The maximum Gasteiger partial charge on any atom is 0.335 e. The topological polar surface area (TPSA) is 86.7 Å². The zero-order valence-corrected chi connectivity index (χ0v) is 11.7. The SMILES string of the molecule is O=C(O)c1cccc(NCN2C(=O)c3ccc(F)cc3C2=O)c1. The number of imide groups is 1. The molecule has 0 unspecified atom stereocenters. The van der Waals surface area contributed by atoms with Crippen molar-refractivity contribution >= 4 is 23.5 Å². The number of carbonyl (C=O) groups excluding carboxylic acids is 2. The summed E-state index contributed by atoms with van der Waals surface area (Å²) in [6, 6.07) is 9.40. The largest absolute Gasteiger partial charge is 0.478 e. The molecule has 0 saturated carbocycles. The van der Waals surface area contributed by atoms with Gasteiger partial charge in [0.15, 0.2) is 0 Å². The van der Waals surface area contributed by atoms with E-state index in [0.717, 1.165) is 17.0 Å². The van der Waals surface area contributed by atoms with Crippen molar-refractivity contribution in [2.45, 2.75) is 0 Å². The minimum Gasteiger partial charge on any atom is -0.478 e. The maximum absolute atomic E-state index is 13.2. The smallest absolute Gasteiger partial charge is 0.335 e. The number of amides is 2. The zero-order valence-electron chi connectivity index (χ0n) is 11.7. The van der Waals surface area contributed by atoms with Crippen LogP contribution in [0.2, 0.25) is 0 Å². The summed E-state index contributed by atoms with van der Waals surface area (Å²) in [7, 11) is 0. The van der Waals surface area contributed by atoms with Crippen LogP contribution in [0.15, 0.2) is 42.5 Å². The van der Waals surface area contributed by atoms with Gasteiger partial charge in [0.05, 0.1) is 23.4 Å². The molecule has 0 atom stereocenters. The summed E-state index contributed by atoms with van der Waals surface area (Å²) in [6.45, 7) is -0.142. The average molecular weight is 314 g/mol. The number of carboxylic acids is 1. The van der Waals surface area contributed by atoms with E-state index in [-0.39, 0.29) is 23.4 Å². The first kappa shape index (κ1) is 14.7. The highest BCUT2D eigenvalue weighted by molar-refractivity contribution is 6.21. The van der Waals surface area contributed by atoms with E-state index in [1.54, 1.807) is 12.1 Å². The minimum absolute atomic E-state index is 0.0242. The van der Waals surface area contributed by atoms with E-state index in [4.69, 9.17) is 5.11 Å². The Morgan fingerprint density at radius 3 is 2.57 bits per heavy atom. The van der Waals surface area contributed by atoms with Crippen LogP contribution in [0.25, 0.3) is 0 Å². The summed E-state index contributed by atoms with van der Waals surface area (Å²) in [5.41, 5.74) is 0.709. The number of aromatic carboxylic acids is 1. The molecule has 2 amide bonds. The van der Waals surface area contributed by atoms with Crippen molar-refractivity contribution in [2.75, 3.05) is 12.0 Å². The number of anilines is 1. The fourth-order valence-electron chi connectivity index (χ4n) is 2.34. The normalized spacial score (nSPS) is 13.2. The number of benzene rings is 2. The Morgan fingerprint density at radius 2 is 1.83 bits per heavy atom. The second kappa shape index (κ2) is 5.53. The van der Waals surface area contributed by atoms with Crippen molar-refractivity contribution in [3.63, 3.8) is 0 Å². The van der Waals surface area contributed by atoms with Gasteiger partial charge in [-0.05, 0) is 36.4 Å². The van der Waals surface area contributed by atoms with E-state index in [0.29, 0.717) is 5.69 Å². The van der Waals surface area contributed by atoms with Crippen LogP contribution in [-0.2, 0) is 0 Å². The fourth-order valence-corrected chi connectivity index (χ4v) is 2.34. The fraction of sp³-hybridized carbons (Fsp3) is 0.0625. The van der Waals surface area contributed by atoms with Gasteiger partial charge in [0, 0.05) is 5.69 Å². The molecule has 3 rings (SSSR count). The summed E-state index contributed by atoms with van der Waals surface area (Å²) in [5, 5.41) is 11.8. The first-order valence-corrected chi connectivity index (χ1v) is 6.70. The molecule has 6 nitrogen and oxygen atoms in total. The molecule has 2 aromatic carbocycles. The molecule has 0 aromatic heterocycles. The molecule has 0 aliphatic carbocycles. The maximum atomic E-state index is 13.2. The molecule has 0 radical (unpaired) electrons. The summed E-state index contributed by atoms with van der Waals surface area (Å²) in [4.78, 5) is 36.2. The molecular weight excluding hydrogens is 303 g/mol. The second-order valence-electron chi connectivity index (χ2n) is 4.95. The highest BCUT2D eigenvalue weighted by atomic mass is 19.1. The van der Waals surface area contributed by atoms with Crippen LogP contribution < -0.4 is 5.32 Å². The van der Waals surface area contributed by atoms with Gasteiger partial charge < -0.3 is 10.4 Å². The Bertz CT molecular complexity index is 835. The van der Waals surface area contributed by atoms with Crippen LogP contribution in [0.3, 0.4) is 0 Å². The van der Waals surface area contributed by atoms with Crippen molar-refractivity contribution in [1.82, 2.24) is 4.90 Å². The van der Waals surface area contributed by atoms with Crippen LogP contribution in [-0.4, -0.2) is 34.5 Å². The molecular formula is C16H11FN2O4. The molecule has 0 bridgehead atoms. The molecule has 1 aliphatic heterocycles. The number of carbonyl (C=O) groups is 3. The molecule has 23 heavy (non-hydrogen) atoms. The third kappa shape index (κ3) is 2.64. The molecule has 0 saturated heterocycles. The monoisotopic (exact) mass is 314 g/mol. The van der Waals surface area contributed by atoms with E-state index >= 15 is 0 Å². The highest BCUT2D eigenvalue weighted by Crippen LogP contribution is 2.23. The molecule has 2 N–H and O–H groups in total. The van der Waals surface area contributed by atoms with Crippen LogP contribution in [0.4, 0.5) is 10.1 Å². The van der Waals surface area contributed by atoms with Gasteiger partial charge in [-0.2, -0.15) is 0 Å². The Hall–Kier alpha value is -3.22. The zero-order chi connectivity index (χ0) is 16.6. The molecule has 0 fully saturated rings. The number of fused-ring (bicyclic) bond motifs is 1. The van der Waals surface area contributed by atoms with Gasteiger partial charge in [0.2, 0.25) is 0 Å². The molecule has 116 valence electrons. The van der Waals surface area contributed by atoms with Gasteiger partial charge in [-0.15, -0.1) is 0 Å². The van der Waals surface area contributed by atoms with Crippen molar-refractivity contribution in [2.24, 2.45) is 0 Å². The van der Waals surface area contributed by atoms with Gasteiger partial charge in [0.25, 0.3) is 11.8 Å². The standard InChI is InChI=1S/C16H11FN2O4/c17-10-4-5-12-13(7-10)15(21)19(14(12)20)8-18-11-3-1-2-9(6-11)16(22)23/h1-7,18H,8H2,(H,22,23). The number of nitrogens with one attached hydrogen (secondary N) is 1. The lowest BCUT2D eigenvalue weighted by Gasteiger charge is -2.15. The summed E-state index contributed by atoms with van der Waals surface area (Å²) < 4.78 is 13.2. The van der Waals surface area contributed by atoms with Gasteiger partial charge in [-0.1, -0.05) is 6.07 Å². The van der Waals surface area contributed by atoms with Gasteiger partial charge in [0.1, 0.15) is 5.82 Å². The van der Waals surface area contributed by atoms with Crippen LogP contribution in [0.5, 0.6) is 0 Å². The number of rotatable bonds is 4. The lowest BCUT2D eigenvalue weighted by Crippen LogP contribution is -2.34. The van der Waals surface area contributed by atoms with E-state index < -0.39 is 23.6 Å². The van der Waals surface area contributed by atoms with Crippen LogP contribution >= 0.6 is 0 Å². The number of hydrogen-bond acceptors (Lipinski definition) is 4. The minimum atomic E-state index is -1.08. The van der Waals surface area contributed by atoms with Gasteiger partial charge in [-0.3, -0.25) is 14.5 Å². The van der Waals surface area contributed by atoms with Crippen LogP contribution in [0, 0.1) is 5.82 Å². The van der Waals surface area contributed by atoms with E-state index in [2.05, 4.69) is 5.32 Å². The quantitative estimate of drug-likeness (QED) is 0.845. The molecule has 0 spiro atoms. The van der Waals surface area contributed by atoms with Crippen molar-refractivity contribution < 1.29 is 23.9 Å². The lowest BCUT2D eigenvalue weighted by molar-refractivity contribution is 0.0660. The van der Waals surface area contributed by atoms with E-state index in [9.17, 15) is 18.8 Å². The lowest BCUT2D eigenvalue weighted by atomic mass is 10.1. The summed E-state index contributed by atoms with van der Waals surface area (Å²) >= 11 is 0. The molecule has 7 heteroatoms. The van der Waals surface area contributed by atoms with Gasteiger partial charge >= 0.3 is 5.97 Å². The Balaban J connectivity index is 1.77.